The fraction of sp³-hybridized carbons (Fsp3) is 0.478. The van der Waals surface area contributed by atoms with E-state index in [1.54, 1.807) is 0 Å². The highest BCUT2D eigenvalue weighted by molar-refractivity contribution is 5.96. The number of nitrogens with two attached hydrogens (primary N) is 1. The quantitative estimate of drug-likeness (QED) is 0.490. The highest BCUT2D eigenvalue weighted by Gasteiger charge is 2.27. The first-order chi connectivity index (χ1) is 15.5. The van der Waals surface area contributed by atoms with Crippen molar-refractivity contribution in [2.75, 3.05) is 30.9 Å². The van der Waals surface area contributed by atoms with Crippen LogP contribution in [0.4, 0.5) is 11.5 Å². The summed E-state index contributed by atoms with van der Waals surface area (Å²) in [6, 6.07) is 6.85. The normalized spacial score (nSPS) is 11.9. The third kappa shape index (κ3) is 6.79. The lowest BCUT2D eigenvalue weighted by Crippen LogP contribution is -2.44. The van der Waals surface area contributed by atoms with Gasteiger partial charge in [0.1, 0.15) is 5.82 Å². The van der Waals surface area contributed by atoms with Gasteiger partial charge in [0.2, 0.25) is 11.8 Å². The number of aromatic nitrogens is 2. The standard InChI is InChI=1S/C23H33N5O5/c1-14(2)13-28-21(24)20(22(31)26-23(28)32)27(10-11-33-5)19(30)12-18(25-16(4)29)17-8-6-15(3)7-9-17/h6-9,14,18H,10-13,24H2,1-5H3,(H,25,29)(H,26,31,32). The number of H-pyrrole nitrogens is 1. The Hall–Kier alpha value is -3.40. The Labute approximate surface area is 192 Å². The van der Waals surface area contributed by atoms with Crippen LogP contribution in [0.1, 0.15) is 44.4 Å². The Balaban J connectivity index is 2.49. The van der Waals surface area contributed by atoms with Crippen LogP contribution in [0.2, 0.25) is 0 Å². The van der Waals surface area contributed by atoms with Crippen LogP contribution in [0.25, 0.3) is 0 Å². The Morgan fingerprint density at radius 3 is 2.39 bits per heavy atom. The van der Waals surface area contributed by atoms with Gasteiger partial charge in [-0.3, -0.25) is 23.9 Å². The molecule has 0 saturated carbocycles. The maximum absolute atomic E-state index is 13.4. The number of hydrogen-bond acceptors (Lipinski definition) is 6. The van der Waals surface area contributed by atoms with E-state index in [2.05, 4.69) is 10.3 Å². The Bertz CT molecular complexity index is 1090. The van der Waals surface area contributed by atoms with Gasteiger partial charge in [0.15, 0.2) is 5.69 Å². The van der Waals surface area contributed by atoms with Crippen LogP contribution in [0, 0.1) is 12.8 Å². The number of benzene rings is 1. The van der Waals surface area contributed by atoms with Crippen molar-refractivity contribution in [3.05, 3.63) is 56.2 Å². The van der Waals surface area contributed by atoms with Crippen molar-refractivity contribution in [2.24, 2.45) is 5.92 Å². The SMILES string of the molecule is COCCN(C(=O)CC(NC(C)=O)c1ccc(C)cc1)c1c(N)n(CC(C)C)c(=O)[nH]c1=O. The molecule has 1 aromatic carbocycles. The summed E-state index contributed by atoms with van der Waals surface area (Å²) in [5.41, 5.74) is 6.52. The molecule has 0 saturated heterocycles. The summed E-state index contributed by atoms with van der Waals surface area (Å²) in [4.78, 5) is 53.8. The maximum atomic E-state index is 13.4. The van der Waals surface area contributed by atoms with E-state index in [-0.39, 0.29) is 49.4 Å². The zero-order chi connectivity index (χ0) is 24.7. The molecular weight excluding hydrogens is 426 g/mol. The van der Waals surface area contributed by atoms with Gasteiger partial charge in [0.05, 0.1) is 19.1 Å². The first-order valence-corrected chi connectivity index (χ1v) is 10.8. The summed E-state index contributed by atoms with van der Waals surface area (Å²) in [5, 5.41) is 2.79. The molecule has 2 aromatic rings. The molecule has 0 radical (unpaired) electrons. The van der Waals surface area contributed by atoms with Gasteiger partial charge in [-0.1, -0.05) is 43.7 Å². The Kier molecular flexibility index (Phi) is 8.98. The van der Waals surface area contributed by atoms with E-state index >= 15 is 0 Å². The molecular formula is C23H33N5O5. The number of nitrogen functional groups attached to an aromatic ring is 1. The van der Waals surface area contributed by atoms with Crippen molar-refractivity contribution in [2.45, 2.75) is 46.7 Å². The lowest BCUT2D eigenvalue weighted by Gasteiger charge is -2.27. The molecule has 0 fully saturated rings. The summed E-state index contributed by atoms with van der Waals surface area (Å²) in [7, 11) is 1.47. The molecule has 1 heterocycles. The van der Waals surface area contributed by atoms with Gasteiger partial charge in [0, 0.05) is 27.1 Å². The van der Waals surface area contributed by atoms with Crippen molar-refractivity contribution in [1.82, 2.24) is 14.9 Å². The third-order valence-corrected chi connectivity index (χ3v) is 5.09. The molecule has 1 aromatic heterocycles. The topological polar surface area (TPSA) is 140 Å². The van der Waals surface area contributed by atoms with Gasteiger partial charge in [-0.15, -0.1) is 0 Å². The molecule has 0 aliphatic carbocycles. The first kappa shape index (κ1) is 25.9. The van der Waals surface area contributed by atoms with Gasteiger partial charge in [0.25, 0.3) is 5.56 Å². The molecule has 0 aliphatic rings. The molecule has 0 aliphatic heterocycles. The van der Waals surface area contributed by atoms with Gasteiger partial charge in [-0.2, -0.15) is 0 Å². The Morgan fingerprint density at radius 1 is 1.21 bits per heavy atom. The molecule has 0 spiro atoms. The molecule has 33 heavy (non-hydrogen) atoms. The zero-order valence-electron chi connectivity index (χ0n) is 19.8. The average molecular weight is 460 g/mol. The fourth-order valence-electron chi connectivity index (χ4n) is 3.51. The molecule has 10 heteroatoms. The molecule has 180 valence electrons. The highest BCUT2D eigenvalue weighted by atomic mass is 16.5. The van der Waals surface area contributed by atoms with Crippen molar-refractivity contribution >= 4 is 23.3 Å². The minimum absolute atomic E-state index is 0.0448. The summed E-state index contributed by atoms with van der Waals surface area (Å²) in [6.45, 7) is 7.59. The number of aryl methyl sites for hydroxylation is 1. The minimum Gasteiger partial charge on any atom is -0.383 e. The number of carbonyl (C=O) groups is 2. The largest absolute Gasteiger partial charge is 0.383 e. The Morgan fingerprint density at radius 2 is 1.85 bits per heavy atom. The molecule has 4 N–H and O–H groups in total. The summed E-state index contributed by atoms with van der Waals surface area (Å²) >= 11 is 0. The van der Waals surface area contributed by atoms with E-state index in [0.29, 0.717) is 0 Å². The number of aromatic amines is 1. The van der Waals surface area contributed by atoms with Crippen molar-refractivity contribution < 1.29 is 14.3 Å². The number of rotatable bonds is 10. The second-order valence-electron chi connectivity index (χ2n) is 8.40. The number of hydrogen-bond donors (Lipinski definition) is 3. The molecule has 10 nitrogen and oxygen atoms in total. The lowest BCUT2D eigenvalue weighted by molar-refractivity contribution is -0.121. The van der Waals surface area contributed by atoms with Crippen LogP contribution in [0.5, 0.6) is 0 Å². The molecule has 1 atom stereocenters. The van der Waals surface area contributed by atoms with Gasteiger partial charge in [-0.25, -0.2) is 4.79 Å². The minimum atomic E-state index is -0.756. The van der Waals surface area contributed by atoms with E-state index in [1.165, 1.54) is 23.5 Å². The number of methoxy groups -OCH3 is 1. The number of anilines is 2. The molecule has 2 rings (SSSR count). The lowest BCUT2D eigenvalue weighted by atomic mass is 10.0. The van der Waals surface area contributed by atoms with Crippen LogP contribution in [-0.2, 0) is 20.9 Å². The first-order valence-electron chi connectivity index (χ1n) is 10.8. The highest BCUT2D eigenvalue weighted by Crippen LogP contribution is 2.23. The van der Waals surface area contributed by atoms with Gasteiger partial charge >= 0.3 is 5.69 Å². The summed E-state index contributed by atoms with van der Waals surface area (Å²) in [6.07, 6.45) is -0.117. The van der Waals surface area contributed by atoms with Crippen molar-refractivity contribution in [3.8, 4) is 0 Å². The summed E-state index contributed by atoms with van der Waals surface area (Å²) < 4.78 is 6.37. The van der Waals surface area contributed by atoms with E-state index < -0.39 is 23.2 Å². The summed E-state index contributed by atoms with van der Waals surface area (Å²) in [5.74, 6) is -0.746. The number of nitrogens with one attached hydrogen (secondary N) is 2. The van der Waals surface area contributed by atoms with Crippen LogP contribution in [0.15, 0.2) is 33.9 Å². The second kappa shape index (κ2) is 11.5. The third-order valence-electron chi connectivity index (χ3n) is 5.09. The van der Waals surface area contributed by atoms with E-state index in [0.717, 1.165) is 11.1 Å². The fourth-order valence-corrected chi connectivity index (χ4v) is 3.51. The number of nitrogens with zero attached hydrogens (tertiary/aromatic N) is 2. The number of amides is 2. The number of ether oxygens (including phenoxy) is 1. The average Bonchev–Trinajstić information content (AvgIpc) is 2.72. The van der Waals surface area contributed by atoms with Crippen molar-refractivity contribution in [3.63, 3.8) is 0 Å². The molecule has 0 bridgehead atoms. The number of carbonyl (C=O) groups excluding carboxylic acids is 2. The predicted octanol–water partition coefficient (Wildman–Crippen LogP) is 1.33. The smallest absolute Gasteiger partial charge is 0.330 e. The van der Waals surface area contributed by atoms with E-state index in [1.807, 2.05) is 45.0 Å². The van der Waals surface area contributed by atoms with E-state index in [9.17, 15) is 19.2 Å². The predicted molar refractivity (Wildman–Crippen MR) is 127 cm³/mol. The van der Waals surface area contributed by atoms with Crippen LogP contribution >= 0.6 is 0 Å². The van der Waals surface area contributed by atoms with Gasteiger partial charge in [-0.05, 0) is 18.4 Å². The maximum Gasteiger partial charge on any atom is 0.330 e. The van der Waals surface area contributed by atoms with Crippen molar-refractivity contribution in [1.29, 1.82) is 0 Å². The zero-order valence-corrected chi connectivity index (χ0v) is 19.8. The van der Waals surface area contributed by atoms with Crippen LogP contribution < -0.4 is 27.2 Å². The van der Waals surface area contributed by atoms with Crippen LogP contribution in [0.3, 0.4) is 0 Å². The second-order valence-corrected chi connectivity index (χ2v) is 8.40. The monoisotopic (exact) mass is 459 g/mol. The van der Waals surface area contributed by atoms with Crippen LogP contribution in [-0.4, -0.2) is 41.6 Å². The van der Waals surface area contributed by atoms with E-state index in [4.69, 9.17) is 10.5 Å². The van der Waals surface area contributed by atoms with Gasteiger partial charge < -0.3 is 20.7 Å². The molecule has 2 amide bonds. The molecule has 1 unspecified atom stereocenters.